The van der Waals surface area contributed by atoms with E-state index in [2.05, 4.69) is 0 Å². The van der Waals surface area contributed by atoms with E-state index in [-0.39, 0.29) is 12.2 Å². The summed E-state index contributed by atoms with van der Waals surface area (Å²) in [7, 11) is 0. The van der Waals surface area contributed by atoms with Gasteiger partial charge >= 0.3 is 6.16 Å². The van der Waals surface area contributed by atoms with Crippen LogP contribution in [0.1, 0.15) is 93.2 Å². The van der Waals surface area contributed by atoms with E-state index in [0.717, 1.165) is 11.1 Å². The van der Waals surface area contributed by atoms with Crippen LogP contribution in [0.25, 0.3) is 0 Å². The Morgan fingerprint density at radius 1 is 0.605 bits per heavy atom. The molecule has 2 rings (SSSR count). The van der Waals surface area contributed by atoms with Gasteiger partial charge in [-0.2, -0.15) is 0 Å². The van der Waals surface area contributed by atoms with E-state index in [9.17, 15) is 4.79 Å². The van der Waals surface area contributed by atoms with E-state index in [1.54, 1.807) is 0 Å². The molecule has 0 aliphatic heterocycles. The van der Waals surface area contributed by atoms with Crippen molar-refractivity contribution in [1.82, 2.24) is 0 Å². The van der Waals surface area contributed by atoms with Gasteiger partial charge in [0.15, 0.2) is 0 Å². The van der Waals surface area contributed by atoms with Crippen molar-refractivity contribution in [3.63, 3.8) is 0 Å². The zero-order chi connectivity index (χ0) is 28.6. The predicted octanol–water partition coefficient (Wildman–Crippen LogP) is 8.02. The van der Waals surface area contributed by atoms with Crippen molar-refractivity contribution >= 4 is 6.16 Å². The van der Waals surface area contributed by atoms with E-state index in [0.29, 0.717) is 12.8 Å². The molecule has 0 bridgehead atoms. The van der Waals surface area contributed by atoms with Gasteiger partial charge in [-0.15, -0.1) is 0 Å². The third-order valence-corrected chi connectivity index (χ3v) is 6.06. The average molecular weight is 531 g/mol. The number of hydrogen-bond donors (Lipinski definition) is 0. The molecule has 0 heterocycles. The molecule has 38 heavy (non-hydrogen) atoms. The highest BCUT2D eigenvalue weighted by Crippen LogP contribution is 2.29. The molecule has 2 aromatic rings. The van der Waals surface area contributed by atoms with Crippen LogP contribution in [0.4, 0.5) is 4.79 Å². The van der Waals surface area contributed by atoms with Gasteiger partial charge in [-0.3, -0.25) is 0 Å². The molecule has 0 fully saturated rings. The molecule has 2 unspecified atom stereocenters. The van der Waals surface area contributed by atoms with Gasteiger partial charge in [0.2, 0.25) is 0 Å². The van der Waals surface area contributed by atoms with Gasteiger partial charge in [0.1, 0.15) is 22.4 Å². The largest absolute Gasteiger partial charge is 0.509 e. The summed E-state index contributed by atoms with van der Waals surface area (Å²) in [4.78, 5) is 35.4. The summed E-state index contributed by atoms with van der Waals surface area (Å²) in [5, 5.41) is 0. The second kappa shape index (κ2) is 13.1. The first kappa shape index (κ1) is 31.8. The van der Waals surface area contributed by atoms with Gasteiger partial charge in [-0.25, -0.2) is 24.3 Å². The maximum absolute atomic E-state index is 12.7. The van der Waals surface area contributed by atoms with E-state index in [1.807, 2.05) is 130 Å². The van der Waals surface area contributed by atoms with Crippen molar-refractivity contribution in [1.29, 1.82) is 0 Å². The van der Waals surface area contributed by atoms with Crippen molar-refractivity contribution in [3.05, 3.63) is 71.8 Å². The molecule has 0 aromatic heterocycles. The monoisotopic (exact) mass is 530 g/mol. The molecule has 7 nitrogen and oxygen atoms in total. The summed E-state index contributed by atoms with van der Waals surface area (Å²) < 4.78 is 11.3. The van der Waals surface area contributed by atoms with Gasteiger partial charge in [0.25, 0.3) is 0 Å². The summed E-state index contributed by atoms with van der Waals surface area (Å²) >= 11 is 0. The molecule has 2 aromatic carbocycles. The quantitative estimate of drug-likeness (QED) is 0.139. The van der Waals surface area contributed by atoms with Crippen LogP contribution < -0.4 is 0 Å². The molecule has 7 heteroatoms. The van der Waals surface area contributed by atoms with Crippen LogP contribution in [0, 0.1) is 0 Å². The number of ether oxygens (including phenoxy) is 2. The fraction of sp³-hybridized carbons (Fsp3) is 0.581. The van der Waals surface area contributed by atoms with Crippen LogP contribution >= 0.6 is 0 Å². The Labute approximate surface area is 228 Å². The molecular formula is C31H46O7. The highest BCUT2D eigenvalue weighted by Gasteiger charge is 2.34. The van der Waals surface area contributed by atoms with Crippen molar-refractivity contribution in [2.24, 2.45) is 0 Å². The minimum absolute atomic E-state index is 0.327. The smallest absolute Gasteiger partial charge is 0.428 e. The molecule has 0 saturated carbocycles. The van der Waals surface area contributed by atoms with Crippen LogP contribution in [0.2, 0.25) is 0 Å². The first-order valence-electron chi connectivity index (χ1n) is 13.2. The second-order valence-corrected chi connectivity index (χ2v) is 12.1. The Kier molecular flexibility index (Phi) is 10.9. The van der Waals surface area contributed by atoms with E-state index < -0.39 is 28.6 Å². The van der Waals surface area contributed by atoms with Crippen molar-refractivity contribution < 1.29 is 33.8 Å². The Hall–Kier alpha value is -2.45. The molecule has 0 aliphatic rings. The fourth-order valence-corrected chi connectivity index (χ4v) is 4.19. The molecule has 0 radical (unpaired) electrons. The van der Waals surface area contributed by atoms with E-state index >= 15 is 0 Å². The number of hydrogen-bond acceptors (Lipinski definition) is 7. The number of rotatable bonds is 14. The standard InChI is InChI=1S/C31H46O7/c1-23(35-37-30(7,8)25-17-13-11-14-18-25)21-28(3,4)33-27(32)34-29(5,6)22-24(2)36-38-31(9,10)26-19-15-12-16-20-26/h11-20,23-24H,21-22H2,1-10H3. The van der Waals surface area contributed by atoms with Crippen LogP contribution in [0.15, 0.2) is 60.7 Å². The van der Waals surface area contributed by atoms with Gasteiger partial charge < -0.3 is 9.47 Å². The average Bonchev–Trinajstić information content (AvgIpc) is 2.81. The Morgan fingerprint density at radius 3 is 1.24 bits per heavy atom. The summed E-state index contributed by atoms with van der Waals surface area (Å²) in [6.45, 7) is 18.8. The fourth-order valence-electron chi connectivity index (χ4n) is 4.19. The third kappa shape index (κ3) is 10.7. The predicted molar refractivity (Wildman–Crippen MR) is 147 cm³/mol. The van der Waals surface area contributed by atoms with Crippen LogP contribution in [0.5, 0.6) is 0 Å². The molecule has 0 saturated heterocycles. The van der Waals surface area contributed by atoms with Crippen LogP contribution in [0.3, 0.4) is 0 Å². The SMILES string of the molecule is CC(CC(C)(C)OC(=O)OC(C)(C)CC(C)OOC(C)(C)c1ccccc1)OOC(C)(C)c1ccccc1. The van der Waals surface area contributed by atoms with Crippen LogP contribution in [-0.4, -0.2) is 29.6 Å². The summed E-state index contributed by atoms with van der Waals surface area (Å²) in [6, 6.07) is 19.7. The summed E-state index contributed by atoms with van der Waals surface area (Å²) in [6.07, 6.45) is -0.583. The molecule has 0 N–H and O–H groups in total. The Morgan fingerprint density at radius 2 is 0.921 bits per heavy atom. The maximum atomic E-state index is 12.7. The molecular weight excluding hydrogens is 484 g/mol. The molecule has 0 spiro atoms. The third-order valence-electron chi connectivity index (χ3n) is 6.06. The summed E-state index contributed by atoms with van der Waals surface area (Å²) in [5.41, 5.74) is -0.915. The topological polar surface area (TPSA) is 72.5 Å². The lowest BCUT2D eigenvalue weighted by Gasteiger charge is -2.33. The minimum atomic E-state index is -0.836. The molecule has 0 amide bonds. The van der Waals surface area contributed by atoms with Crippen molar-refractivity contribution in [2.45, 2.75) is 117 Å². The second-order valence-electron chi connectivity index (χ2n) is 12.1. The van der Waals surface area contributed by atoms with Gasteiger partial charge in [0, 0.05) is 12.8 Å². The van der Waals surface area contributed by atoms with Gasteiger partial charge in [-0.1, -0.05) is 60.7 Å². The molecule has 2 atom stereocenters. The lowest BCUT2D eigenvalue weighted by Crippen LogP contribution is -2.38. The highest BCUT2D eigenvalue weighted by atomic mass is 17.2. The van der Waals surface area contributed by atoms with Crippen molar-refractivity contribution in [3.8, 4) is 0 Å². The zero-order valence-corrected chi connectivity index (χ0v) is 24.7. The first-order valence-corrected chi connectivity index (χ1v) is 13.2. The minimum Gasteiger partial charge on any atom is -0.428 e. The molecule has 212 valence electrons. The Balaban J connectivity index is 1.80. The van der Waals surface area contributed by atoms with Crippen molar-refractivity contribution in [2.75, 3.05) is 0 Å². The lowest BCUT2D eigenvalue weighted by molar-refractivity contribution is -0.383. The number of benzene rings is 2. The normalized spacial score (nSPS) is 14.6. The summed E-state index contributed by atoms with van der Waals surface area (Å²) in [5.74, 6) is 0. The Bertz CT molecular complexity index is 904. The van der Waals surface area contributed by atoms with E-state index in [4.69, 9.17) is 29.0 Å². The van der Waals surface area contributed by atoms with E-state index in [1.165, 1.54) is 0 Å². The highest BCUT2D eigenvalue weighted by molar-refractivity contribution is 5.61. The number of carbonyl (C=O) groups excluding carboxylic acids is 1. The van der Waals surface area contributed by atoms with Gasteiger partial charge in [-0.05, 0) is 80.4 Å². The zero-order valence-electron chi connectivity index (χ0n) is 24.7. The lowest BCUT2D eigenvalue weighted by atomic mass is 9.99. The van der Waals surface area contributed by atoms with Crippen LogP contribution in [-0.2, 0) is 40.2 Å². The maximum Gasteiger partial charge on any atom is 0.509 e. The first-order chi connectivity index (χ1) is 17.5. The van der Waals surface area contributed by atoms with Gasteiger partial charge in [0.05, 0.1) is 12.2 Å². The molecule has 0 aliphatic carbocycles. The number of carbonyl (C=O) groups is 1.